The number of thiophene rings is 1. The van der Waals surface area contributed by atoms with E-state index in [4.69, 9.17) is 10.5 Å². The van der Waals surface area contributed by atoms with E-state index in [0.29, 0.717) is 50.2 Å². The zero-order chi connectivity index (χ0) is 34.1. The first-order chi connectivity index (χ1) is 22.8. The summed E-state index contributed by atoms with van der Waals surface area (Å²) < 4.78 is 96.8. The third-order valence-electron chi connectivity index (χ3n) is 10.1. The van der Waals surface area contributed by atoms with Gasteiger partial charge in [0.1, 0.15) is 41.0 Å². The Labute approximate surface area is 275 Å². The number of nitrogens with zero attached hydrogens (tertiary/aromatic N) is 5. The predicted octanol–water partition coefficient (Wildman–Crippen LogP) is 6.81. The SMILES string of the molecule is CC(O)C1CCN(c2nc(OCC34CCCN3CC(F)C4)nc3c(F)c(-c4ccc(F)c5sc(N)c(C#N)c45)c(C(F)(F)F)cc23)CC1. The summed E-state index contributed by atoms with van der Waals surface area (Å²) in [6, 6.07) is 4.25. The van der Waals surface area contributed by atoms with Crippen molar-refractivity contribution in [3.8, 4) is 23.2 Å². The molecule has 3 aliphatic rings. The fourth-order valence-electron chi connectivity index (χ4n) is 7.73. The Kier molecular flexibility index (Phi) is 8.11. The molecule has 2 aromatic carbocycles. The number of aromatic nitrogens is 2. The lowest BCUT2D eigenvalue weighted by molar-refractivity contribution is -0.137. The van der Waals surface area contributed by atoms with Crippen LogP contribution in [0.3, 0.4) is 0 Å². The summed E-state index contributed by atoms with van der Waals surface area (Å²) in [5.41, 5.74) is 2.02. The van der Waals surface area contributed by atoms with Gasteiger partial charge in [-0.25, -0.2) is 13.2 Å². The van der Waals surface area contributed by atoms with Gasteiger partial charge in [0.15, 0.2) is 5.82 Å². The molecular weight excluding hydrogens is 658 g/mol. The number of nitriles is 1. The number of halogens is 6. The van der Waals surface area contributed by atoms with Crippen molar-refractivity contribution >= 4 is 43.1 Å². The van der Waals surface area contributed by atoms with E-state index in [2.05, 4.69) is 9.97 Å². The largest absolute Gasteiger partial charge is 0.461 e. The zero-order valence-corrected chi connectivity index (χ0v) is 26.7. The number of hydrogen-bond acceptors (Lipinski definition) is 9. The van der Waals surface area contributed by atoms with E-state index in [1.165, 1.54) is 0 Å². The molecule has 0 radical (unpaired) electrons. The molecule has 0 aliphatic carbocycles. The number of alkyl halides is 4. The Morgan fingerprint density at radius 3 is 2.65 bits per heavy atom. The van der Waals surface area contributed by atoms with Gasteiger partial charge in [0.25, 0.3) is 0 Å². The molecule has 3 aliphatic heterocycles. The van der Waals surface area contributed by atoms with Crippen LogP contribution < -0.4 is 15.4 Å². The van der Waals surface area contributed by atoms with Crippen LogP contribution in [0, 0.1) is 28.9 Å². The van der Waals surface area contributed by atoms with Crippen LogP contribution in [0.4, 0.5) is 37.2 Å². The molecule has 0 spiro atoms. The first-order valence-electron chi connectivity index (χ1n) is 15.8. The fourth-order valence-corrected chi connectivity index (χ4v) is 8.68. The molecule has 3 unspecified atom stereocenters. The fraction of sp³-hybridized carbons (Fsp3) is 0.485. The predicted molar refractivity (Wildman–Crippen MR) is 170 cm³/mol. The van der Waals surface area contributed by atoms with Gasteiger partial charge in [-0.1, -0.05) is 6.07 Å². The molecule has 7 rings (SSSR count). The van der Waals surface area contributed by atoms with Crippen molar-refractivity contribution in [1.82, 2.24) is 14.9 Å². The number of rotatable bonds is 6. The van der Waals surface area contributed by atoms with Crippen molar-refractivity contribution in [2.75, 3.05) is 43.4 Å². The highest BCUT2D eigenvalue weighted by Gasteiger charge is 2.49. The number of nitrogens with two attached hydrogens (primary N) is 1. The van der Waals surface area contributed by atoms with Gasteiger partial charge in [0.05, 0.1) is 27.5 Å². The quantitative estimate of drug-likeness (QED) is 0.212. The molecule has 3 atom stereocenters. The number of aliphatic hydroxyl groups is 1. The highest BCUT2D eigenvalue weighted by atomic mass is 32.1. The highest BCUT2D eigenvalue weighted by Crippen LogP contribution is 2.48. The first-order valence-corrected chi connectivity index (χ1v) is 16.6. The van der Waals surface area contributed by atoms with Crippen LogP contribution in [-0.2, 0) is 6.18 Å². The van der Waals surface area contributed by atoms with Crippen LogP contribution in [0.2, 0.25) is 0 Å². The topological polar surface area (TPSA) is 112 Å². The van der Waals surface area contributed by atoms with Gasteiger partial charge >= 0.3 is 12.2 Å². The summed E-state index contributed by atoms with van der Waals surface area (Å²) >= 11 is 0.689. The maximum absolute atomic E-state index is 17.0. The molecule has 3 saturated heterocycles. The molecule has 254 valence electrons. The average Bonchev–Trinajstić information content (AvgIpc) is 3.69. The number of piperidine rings is 1. The number of anilines is 2. The Hall–Kier alpha value is -3.87. The minimum atomic E-state index is -5.08. The van der Waals surface area contributed by atoms with Crippen molar-refractivity contribution in [2.24, 2.45) is 5.92 Å². The second-order valence-electron chi connectivity index (χ2n) is 13.0. The van der Waals surface area contributed by atoms with Crippen LogP contribution >= 0.6 is 11.3 Å². The molecule has 0 amide bonds. The summed E-state index contributed by atoms with van der Waals surface area (Å²) in [5.74, 6) is -2.16. The Morgan fingerprint density at radius 2 is 1.96 bits per heavy atom. The third-order valence-corrected chi connectivity index (χ3v) is 11.2. The molecule has 3 fully saturated rings. The van der Waals surface area contributed by atoms with Gasteiger partial charge in [-0.3, -0.25) is 4.90 Å². The van der Waals surface area contributed by atoms with Crippen molar-refractivity contribution in [3.63, 3.8) is 0 Å². The van der Waals surface area contributed by atoms with Crippen molar-refractivity contribution in [3.05, 3.63) is 41.0 Å². The molecule has 5 heterocycles. The maximum atomic E-state index is 17.0. The normalized spacial score (nSPS) is 22.8. The molecular formula is C33H32F6N6O2S. The molecule has 0 bridgehead atoms. The monoisotopic (exact) mass is 690 g/mol. The van der Waals surface area contributed by atoms with E-state index >= 15 is 4.39 Å². The van der Waals surface area contributed by atoms with Crippen LogP contribution in [-0.4, -0.2) is 70.6 Å². The van der Waals surface area contributed by atoms with Crippen LogP contribution in [0.5, 0.6) is 6.01 Å². The lowest BCUT2D eigenvalue weighted by atomic mass is 9.91. The van der Waals surface area contributed by atoms with Crippen molar-refractivity contribution in [2.45, 2.75) is 63.0 Å². The standard InChI is InChI=1S/C33H32F6N6O2S/c1-16(46)17-5-9-44(10-6-17)30-20-11-22(33(37,38)39)25(19-3-4-23(35)28-24(19)21(13-40)29(41)48-28)26(36)27(20)42-31(43-30)47-15-32-7-2-8-45(32)14-18(34)12-32/h3-4,11,16-18,46H,2,5-10,12,14-15,41H2,1H3. The maximum Gasteiger partial charge on any atom is 0.417 e. The number of fused-ring (bicyclic) bond motifs is 3. The minimum absolute atomic E-state index is 0.00979. The number of hydrogen-bond donors (Lipinski definition) is 2. The van der Waals surface area contributed by atoms with Crippen LogP contribution in [0.1, 0.15) is 50.2 Å². The van der Waals surface area contributed by atoms with Gasteiger partial charge in [-0.05, 0) is 62.8 Å². The zero-order valence-electron chi connectivity index (χ0n) is 25.9. The van der Waals surface area contributed by atoms with Crippen molar-refractivity contribution < 1.29 is 36.2 Å². The Balaban J connectivity index is 1.43. The number of benzene rings is 2. The molecule has 3 N–H and O–H groups in total. The minimum Gasteiger partial charge on any atom is -0.461 e. The second-order valence-corrected chi connectivity index (χ2v) is 14.1. The van der Waals surface area contributed by atoms with Gasteiger partial charge in [0.2, 0.25) is 0 Å². The smallest absolute Gasteiger partial charge is 0.417 e. The van der Waals surface area contributed by atoms with E-state index in [1.807, 2.05) is 11.0 Å². The average molecular weight is 691 g/mol. The Morgan fingerprint density at radius 1 is 1.21 bits per heavy atom. The number of nitrogen functional groups attached to an aromatic ring is 1. The molecule has 4 aromatic rings. The second kappa shape index (κ2) is 11.9. The molecule has 0 saturated carbocycles. The van der Waals surface area contributed by atoms with E-state index in [-0.39, 0.29) is 68.9 Å². The molecule has 15 heteroatoms. The highest BCUT2D eigenvalue weighted by molar-refractivity contribution is 7.23. The lowest BCUT2D eigenvalue weighted by Gasteiger charge is -2.35. The van der Waals surface area contributed by atoms with Crippen LogP contribution in [0.25, 0.3) is 32.1 Å². The van der Waals surface area contributed by atoms with Gasteiger partial charge in [-0.2, -0.15) is 28.4 Å². The number of aliphatic hydroxyl groups excluding tert-OH is 1. The van der Waals surface area contributed by atoms with Gasteiger partial charge < -0.3 is 20.5 Å². The molecule has 48 heavy (non-hydrogen) atoms. The van der Waals surface area contributed by atoms with Crippen molar-refractivity contribution in [1.29, 1.82) is 5.26 Å². The lowest BCUT2D eigenvalue weighted by Crippen LogP contribution is -2.43. The van der Waals surface area contributed by atoms with Gasteiger partial charge in [0, 0.05) is 42.4 Å². The van der Waals surface area contributed by atoms with E-state index in [0.717, 1.165) is 24.6 Å². The Bertz CT molecular complexity index is 1950. The van der Waals surface area contributed by atoms with E-state index < -0.39 is 52.3 Å². The molecule has 8 nitrogen and oxygen atoms in total. The summed E-state index contributed by atoms with van der Waals surface area (Å²) in [5, 5.41) is 19.4. The summed E-state index contributed by atoms with van der Waals surface area (Å²) in [6.07, 6.45) is -3.88. The summed E-state index contributed by atoms with van der Waals surface area (Å²) in [7, 11) is 0. The number of ether oxygens (including phenoxy) is 1. The molecule has 2 aromatic heterocycles. The van der Waals surface area contributed by atoms with E-state index in [1.54, 1.807) is 11.8 Å². The van der Waals surface area contributed by atoms with E-state index in [9.17, 15) is 32.3 Å². The third kappa shape index (κ3) is 5.38. The summed E-state index contributed by atoms with van der Waals surface area (Å²) in [6.45, 7) is 3.31. The van der Waals surface area contributed by atoms with Gasteiger partial charge in [-0.15, -0.1) is 11.3 Å². The first kappa shape index (κ1) is 32.7. The van der Waals surface area contributed by atoms with Crippen LogP contribution in [0.15, 0.2) is 18.2 Å². The summed E-state index contributed by atoms with van der Waals surface area (Å²) in [4.78, 5) is 12.6.